The Balaban J connectivity index is 1.49. The molecule has 1 aliphatic heterocycles. The van der Waals surface area contributed by atoms with Gasteiger partial charge >= 0.3 is 0 Å². The zero-order valence-corrected chi connectivity index (χ0v) is 20.0. The van der Waals surface area contributed by atoms with Crippen molar-refractivity contribution in [2.75, 3.05) is 26.2 Å². The van der Waals surface area contributed by atoms with Gasteiger partial charge in [-0.15, -0.1) is 0 Å². The Kier molecular flexibility index (Phi) is 6.51. The maximum Gasteiger partial charge on any atom is 0.272 e. The van der Waals surface area contributed by atoms with Gasteiger partial charge < -0.3 is 9.88 Å². The first-order valence-electron chi connectivity index (χ1n) is 10.6. The molecule has 0 bridgehead atoms. The van der Waals surface area contributed by atoms with Crippen LogP contribution in [0.1, 0.15) is 35.8 Å². The molecule has 1 amide bonds. The Hall–Kier alpha value is -2.82. The molecule has 7 nitrogen and oxygen atoms in total. The van der Waals surface area contributed by atoms with Crippen LogP contribution in [-0.4, -0.2) is 59.3 Å². The van der Waals surface area contributed by atoms with Gasteiger partial charge in [0.05, 0.1) is 4.90 Å². The van der Waals surface area contributed by atoms with E-state index in [1.807, 2.05) is 12.1 Å². The molecule has 0 saturated carbocycles. The Labute approximate surface area is 197 Å². The van der Waals surface area contributed by atoms with Crippen LogP contribution in [-0.2, 0) is 10.0 Å². The monoisotopic (exact) mass is 488 g/mol. The lowest BCUT2D eigenvalue weighted by atomic mass is 10.0. The molecule has 0 unspecified atom stereocenters. The van der Waals surface area contributed by atoms with Gasteiger partial charge in [-0.2, -0.15) is 4.31 Å². The Morgan fingerprint density at radius 2 is 1.61 bits per heavy atom. The summed E-state index contributed by atoms with van der Waals surface area (Å²) >= 11 is 5.31. The van der Waals surface area contributed by atoms with E-state index in [1.54, 1.807) is 33.7 Å². The zero-order chi connectivity index (χ0) is 23.8. The molecule has 10 heteroatoms. The van der Waals surface area contributed by atoms with Crippen molar-refractivity contribution in [1.29, 1.82) is 0 Å². The number of carbonyl (C=O) groups excluding carboxylic acids is 1. The van der Waals surface area contributed by atoms with Crippen molar-refractivity contribution in [3.8, 4) is 5.69 Å². The van der Waals surface area contributed by atoms with Crippen LogP contribution >= 0.6 is 12.2 Å². The topological polar surface area (TPSA) is 78.4 Å². The molecule has 33 heavy (non-hydrogen) atoms. The van der Waals surface area contributed by atoms with E-state index in [9.17, 15) is 17.6 Å². The third-order valence-electron chi connectivity index (χ3n) is 5.79. The number of H-pyrrole nitrogens is 1. The molecule has 0 spiro atoms. The SMILES string of the molecule is CC(C)c1ccc(S(=O)(=O)N2CCN(C(=O)c3c[nH]c(=S)n3-c3ccc(F)cc3)CC2)cc1. The number of amides is 1. The van der Waals surface area contributed by atoms with Crippen molar-refractivity contribution in [3.05, 3.63) is 76.6 Å². The van der Waals surface area contributed by atoms with E-state index in [4.69, 9.17) is 12.2 Å². The first-order chi connectivity index (χ1) is 15.7. The molecule has 1 saturated heterocycles. The van der Waals surface area contributed by atoms with Crippen molar-refractivity contribution < 1.29 is 17.6 Å². The van der Waals surface area contributed by atoms with Crippen LogP contribution in [0, 0.1) is 10.6 Å². The molecule has 0 aliphatic carbocycles. The van der Waals surface area contributed by atoms with Gasteiger partial charge in [0, 0.05) is 38.1 Å². The fourth-order valence-corrected chi connectivity index (χ4v) is 5.52. The third kappa shape index (κ3) is 4.64. The number of imidazole rings is 1. The fraction of sp³-hybridized carbons (Fsp3) is 0.304. The highest BCUT2D eigenvalue weighted by Gasteiger charge is 2.31. The average Bonchev–Trinajstić information content (AvgIpc) is 3.20. The number of sulfonamides is 1. The lowest BCUT2D eigenvalue weighted by molar-refractivity contribution is 0.0689. The molecule has 2 aromatic carbocycles. The van der Waals surface area contributed by atoms with Gasteiger partial charge in [0.25, 0.3) is 5.91 Å². The number of halogens is 1. The summed E-state index contributed by atoms with van der Waals surface area (Å²) in [5.41, 5.74) is 1.95. The van der Waals surface area contributed by atoms with E-state index < -0.39 is 10.0 Å². The highest BCUT2D eigenvalue weighted by atomic mass is 32.2. The number of aromatic amines is 1. The fourth-order valence-electron chi connectivity index (χ4n) is 3.84. The van der Waals surface area contributed by atoms with Gasteiger partial charge in [-0.05, 0) is 60.1 Å². The smallest absolute Gasteiger partial charge is 0.272 e. The van der Waals surface area contributed by atoms with Crippen molar-refractivity contribution in [1.82, 2.24) is 18.8 Å². The molecule has 174 valence electrons. The number of nitrogens with zero attached hydrogens (tertiary/aromatic N) is 3. The van der Waals surface area contributed by atoms with E-state index in [2.05, 4.69) is 18.8 Å². The number of carbonyl (C=O) groups is 1. The third-order valence-corrected chi connectivity index (χ3v) is 8.00. The maximum atomic E-state index is 13.3. The standard InChI is InChI=1S/C23H25FN4O3S2/c1-16(2)17-3-9-20(10-4-17)33(30,31)27-13-11-26(12-14-27)22(29)21-15-25-23(32)28(21)19-7-5-18(24)6-8-19/h3-10,15-16H,11-14H2,1-2H3,(H,25,32). The van der Waals surface area contributed by atoms with Crippen LogP contribution in [0.25, 0.3) is 5.69 Å². The molecule has 2 heterocycles. The number of nitrogens with one attached hydrogen (secondary N) is 1. The van der Waals surface area contributed by atoms with Gasteiger partial charge in [-0.1, -0.05) is 26.0 Å². The molecule has 1 N–H and O–H groups in total. The number of hydrogen-bond donors (Lipinski definition) is 1. The van der Waals surface area contributed by atoms with E-state index >= 15 is 0 Å². The summed E-state index contributed by atoms with van der Waals surface area (Å²) in [7, 11) is -3.64. The van der Waals surface area contributed by atoms with Crippen molar-refractivity contribution in [2.45, 2.75) is 24.7 Å². The lowest BCUT2D eigenvalue weighted by Gasteiger charge is -2.34. The molecule has 1 fully saturated rings. The van der Waals surface area contributed by atoms with Crippen molar-refractivity contribution in [3.63, 3.8) is 0 Å². The summed E-state index contributed by atoms with van der Waals surface area (Å²) < 4.78 is 42.7. The summed E-state index contributed by atoms with van der Waals surface area (Å²) in [4.78, 5) is 17.9. The minimum absolute atomic E-state index is 0.196. The highest BCUT2D eigenvalue weighted by Crippen LogP contribution is 2.22. The predicted octanol–water partition coefficient (Wildman–Crippen LogP) is 3.94. The number of benzene rings is 2. The summed E-state index contributed by atoms with van der Waals surface area (Å²) in [6.45, 7) is 5.01. The highest BCUT2D eigenvalue weighted by molar-refractivity contribution is 7.89. The molecular formula is C23H25FN4O3S2. The van der Waals surface area contributed by atoms with Crippen molar-refractivity contribution >= 4 is 28.1 Å². The summed E-state index contributed by atoms with van der Waals surface area (Å²) in [5.74, 6) is -0.340. The van der Waals surface area contributed by atoms with Gasteiger partial charge in [0.1, 0.15) is 11.5 Å². The Morgan fingerprint density at radius 1 is 1.00 bits per heavy atom. The number of hydrogen-bond acceptors (Lipinski definition) is 4. The second kappa shape index (κ2) is 9.20. The normalized spacial score (nSPS) is 15.2. The molecule has 0 radical (unpaired) electrons. The summed E-state index contributed by atoms with van der Waals surface area (Å²) in [5, 5.41) is 0. The summed E-state index contributed by atoms with van der Waals surface area (Å²) in [6, 6.07) is 12.6. The van der Waals surface area contributed by atoms with Gasteiger partial charge in [-0.25, -0.2) is 12.8 Å². The average molecular weight is 489 g/mol. The van der Waals surface area contributed by atoms with Crippen LogP contribution in [0.3, 0.4) is 0 Å². The largest absolute Gasteiger partial charge is 0.336 e. The lowest BCUT2D eigenvalue weighted by Crippen LogP contribution is -2.50. The van der Waals surface area contributed by atoms with Crippen LogP contribution in [0.5, 0.6) is 0 Å². The van der Waals surface area contributed by atoms with Crippen LogP contribution in [0.15, 0.2) is 59.6 Å². The van der Waals surface area contributed by atoms with Gasteiger partial charge in [-0.3, -0.25) is 9.36 Å². The minimum Gasteiger partial charge on any atom is -0.336 e. The molecular weight excluding hydrogens is 463 g/mol. The second-order valence-corrected chi connectivity index (χ2v) is 10.5. The molecule has 1 aliphatic rings. The summed E-state index contributed by atoms with van der Waals surface area (Å²) in [6.07, 6.45) is 1.52. The first kappa shape index (κ1) is 23.3. The molecule has 4 rings (SSSR count). The number of piperazine rings is 1. The van der Waals surface area contributed by atoms with Gasteiger partial charge in [0.15, 0.2) is 4.77 Å². The second-order valence-electron chi connectivity index (χ2n) is 8.21. The van der Waals surface area contributed by atoms with Crippen molar-refractivity contribution in [2.24, 2.45) is 0 Å². The molecule has 0 atom stereocenters. The number of aromatic nitrogens is 2. The van der Waals surface area contributed by atoms with Gasteiger partial charge in [0.2, 0.25) is 10.0 Å². The minimum atomic E-state index is -3.64. The molecule has 1 aromatic heterocycles. The Morgan fingerprint density at radius 3 is 2.18 bits per heavy atom. The zero-order valence-electron chi connectivity index (χ0n) is 18.4. The molecule has 3 aromatic rings. The maximum absolute atomic E-state index is 13.3. The quantitative estimate of drug-likeness (QED) is 0.552. The van der Waals surface area contributed by atoms with E-state index in [1.165, 1.54) is 22.6 Å². The Bertz CT molecular complexity index is 1300. The van der Waals surface area contributed by atoms with Crippen LogP contribution < -0.4 is 0 Å². The van der Waals surface area contributed by atoms with E-state index in [0.29, 0.717) is 22.1 Å². The van der Waals surface area contributed by atoms with E-state index in [0.717, 1.165) is 5.56 Å². The first-order valence-corrected chi connectivity index (χ1v) is 12.5. The van der Waals surface area contributed by atoms with Crippen LogP contribution in [0.2, 0.25) is 0 Å². The number of rotatable bonds is 5. The van der Waals surface area contributed by atoms with E-state index in [-0.39, 0.29) is 42.8 Å². The van der Waals surface area contributed by atoms with Crippen LogP contribution in [0.4, 0.5) is 4.39 Å². The predicted molar refractivity (Wildman–Crippen MR) is 126 cm³/mol.